The van der Waals surface area contributed by atoms with Gasteiger partial charge in [-0.05, 0) is 19.1 Å². The molecular formula is C18H19N5O4S. The van der Waals surface area contributed by atoms with Crippen LogP contribution in [-0.2, 0) is 4.79 Å². The molecule has 0 bridgehead atoms. The number of aromatic amines is 2. The smallest absolute Gasteiger partial charge is 0.272 e. The summed E-state index contributed by atoms with van der Waals surface area (Å²) in [5.41, 5.74) is -0.191. The number of H-pyrrole nitrogens is 2. The number of rotatable bonds is 5. The number of carbonyl (C=O) groups is 2. The summed E-state index contributed by atoms with van der Waals surface area (Å²) in [5, 5.41) is 10.7. The molecule has 0 saturated carbocycles. The zero-order valence-corrected chi connectivity index (χ0v) is 16.3. The van der Waals surface area contributed by atoms with E-state index in [1.54, 1.807) is 13.0 Å². The summed E-state index contributed by atoms with van der Waals surface area (Å²) < 4.78 is 0. The van der Waals surface area contributed by atoms with Crippen LogP contribution in [0.25, 0.3) is 10.8 Å². The molecule has 0 aliphatic rings. The van der Waals surface area contributed by atoms with E-state index < -0.39 is 17.0 Å². The van der Waals surface area contributed by atoms with Crippen LogP contribution >= 0.6 is 11.3 Å². The third-order valence-electron chi connectivity index (χ3n) is 4.02. The molecule has 2 aromatic heterocycles. The molecule has 0 radical (unpaired) electrons. The third-order valence-corrected chi connectivity index (χ3v) is 5.48. The first-order chi connectivity index (χ1) is 13.3. The van der Waals surface area contributed by atoms with Gasteiger partial charge in [-0.3, -0.25) is 29.4 Å². The van der Waals surface area contributed by atoms with E-state index >= 15 is 0 Å². The highest BCUT2D eigenvalue weighted by atomic mass is 32.1. The number of nitrogens with one attached hydrogen (secondary N) is 4. The van der Waals surface area contributed by atoms with Crippen molar-refractivity contribution >= 4 is 39.6 Å². The summed E-state index contributed by atoms with van der Waals surface area (Å²) in [4.78, 5) is 53.3. The standard InChI is InChI=1S/C18H19N5O4S/c1-8(2)18-20-9(3)14(28-18)17(27)19-7-12(24)21-11-6-4-5-10-13(11)16(26)23-22-15(10)25/h4-6,8H,7H2,1-3H3,(H,19,27)(H,21,24)(H,22,25)(H,23,26). The van der Waals surface area contributed by atoms with E-state index in [2.05, 4.69) is 25.8 Å². The largest absolute Gasteiger partial charge is 0.342 e. The Morgan fingerprint density at radius 2 is 1.89 bits per heavy atom. The number of amides is 2. The monoisotopic (exact) mass is 401 g/mol. The first kappa shape index (κ1) is 19.5. The van der Waals surface area contributed by atoms with Crippen molar-refractivity contribution < 1.29 is 9.59 Å². The second-order valence-corrected chi connectivity index (χ2v) is 7.52. The van der Waals surface area contributed by atoms with Crippen LogP contribution < -0.4 is 21.8 Å². The maximum atomic E-state index is 12.3. The number of nitrogens with zero attached hydrogens (tertiary/aromatic N) is 1. The van der Waals surface area contributed by atoms with Gasteiger partial charge in [-0.15, -0.1) is 11.3 Å². The molecule has 0 saturated heterocycles. The molecule has 3 rings (SSSR count). The molecule has 28 heavy (non-hydrogen) atoms. The number of thiazole rings is 1. The quantitative estimate of drug-likeness (QED) is 0.513. The first-order valence-corrected chi connectivity index (χ1v) is 9.38. The lowest BCUT2D eigenvalue weighted by molar-refractivity contribution is -0.115. The summed E-state index contributed by atoms with van der Waals surface area (Å²) in [6, 6.07) is 4.55. The highest BCUT2D eigenvalue weighted by Gasteiger charge is 2.18. The van der Waals surface area contributed by atoms with Crippen LogP contribution in [0.5, 0.6) is 0 Å². The fourth-order valence-corrected chi connectivity index (χ4v) is 3.63. The Balaban J connectivity index is 1.73. The van der Waals surface area contributed by atoms with Crippen LogP contribution in [-0.4, -0.2) is 33.5 Å². The maximum Gasteiger partial charge on any atom is 0.272 e. The van der Waals surface area contributed by atoms with Gasteiger partial charge in [-0.2, -0.15) is 0 Å². The Bertz CT molecular complexity index is 1170. The number of anilines is 1. The van der Waals surface area contributed by atoms with Crippen molar-refractivity contribution in [1.82, 2.24) is 20.5 Å². The van der Waals surface area contributed by atoms with Crippen LogP contribution in [0.4, 0.5) is 5.69 Å². The topological polar surface area (TPSA) is 137 Å². The molecule has 10 heteroatoms. The fraction of sp³-hybridized carbons (Fsp3) is 0.278. The van der Waals surface area contributed by atoms with Crippen molar-refractivity contribution in [3.63, 3.8) is 0 Å². The number of aryl methyl sites for hydroxylation is 1. The fourth-order valence-electron chi connectivity index (χ4n) is 2.64. The summed E-state index contributed by atoms with van der Waals surface area (Å²) in [5.74, 6) is -0.697. The van der Waals surface area contributed by atoms with Crippen LogP contribution in [0.2, 0.25) is 0 Å². The average molecular weight is 401 g/mol. The lowest BCUT2D eigenvalue weighted by Gasteiger charge is -2.08. The van der Waals surface area contributed by atoms with E-state index in [9.17, 15) is 19.2 Å². The van der Waals surface area contributed by atoms with Crippen LogP contribution in [0.1, 0.15) is 40.1 Å². The number of hydrogen-bond acceptors (Lipinski definition) is 6. The number of hydrogen-bond donors (Lipinski definition) is 4. The highest BCUT2D eigenvalue weighted by molar-refractivity contribution is 7.13. The highest BCUT2D eigenvalue weighted by Crippen LogP contribution is 2.24. The summed E-state index contributed by atoms with van der Waals surface area (Å²) in [6.45, 7) is 5.44. The van der Waals surface area contributed by atoms with E-state index in [1.165, 1.54) is 23.5 Å². The zero-order chi connectivity index (χ0) is 20.4. The first-order valence-electron chi connectivity index (χ1n) is 8.57. The van der Waals surface area contributed by atoms with Gasteiger partial charge >= 0.3 is 0 Å². The molecule has 4 N–H and O–H groups in total. The summed E-state index contributed by atoms with van der Waals surface area (Å²) >= 11 is 1.30. The lowest BCUT2D eigenvalue weighted by atomic mass is 10.1. The SMILES string of the molecule is Cc1nc(C(C)C)sc1C(=O)NCC(=O)Nc1cccc2c(=O)[nH][nH]c(=O)c12. The Morgan fingerprint density at radius 3 is 2.57 bits per heavy atom. The van der Waals surface area contributed by atoms with E-state index in [1.807, 2.05) is 13.8 Å². The van der Waals surface area contributed by atoms with Gasteiger partial charge in [0, 0.05) is 5.92 Å². The maximum absolute atomic E-state index is 12.3. The molecular weight excluding hydrogens is 382 g/mol. The number of benzene rings is 1. The van der Waals surface area contributed by atoms with Crippen molar-refractivity contribution in [2.24, 2.45) is 0 Å². The average Bonchev–Trinajstić information content (AvgIpc) is 3.05. The van der Waals surface area contributed by atoms with Gasteiger partial charge in [0.15, 0.2) is 0 Å². The van der Waals surface area contributed by atoms with Crippen molar-refractivity contribution in [1.29, 1.82) is 0 Å². The molecule has 1 aromatic carbocycles. The molecule has 2 heterocycles. The lowest BCUT2D eigenvalue weighted by Crippen LogP contribution is -2.33. The molecule has 0 aliphatic heterocycles. The normalized spacial score (nSPS) is 11.0. The van der Waals surface area contributed by atoms with Crippen molar-refractivity contribution in [3.05, 3.63) is 54.5 Å². The van der Waals surface area contributed by atoms with Gasteiger partial charge in [0.05, 0.1) is 33.7 Å². The van der Waals surface area contributed by atoms with Crippen LogP contribution in [0.15, 0.2) is 27.8 Å². The minimum Gasteiger partial charge on any atom is -0.342 e. The number of fused-ring (bicyclic) bond motifs is 1. The predicted octanol–water partition coefficient (Wildman–Crippen LogP) is 1.47. The Kier molecular flexibility index (Phi) is 5.41. The van der Waals surface area contributed by atoms with Crippen molar-refractivity contribution in [2.75, 3.05) is 11.9 Å². The number of carbonyl (C=O) groups excluding carboxylic acids is 2. The minimum absolute atomic E-state index is 0.0748. The molecule has 0 atom stereocenters. The molecule has 146 valence electrons. The molecule has 0 unspecified atom stereocenters. The molecule has 0 fully saturated rings. The van der Waals surface area contributed by atoms with E-state index in [0.29, 0.717) is 10.6 Å². The van der Waals surface area contributed by atoms with Gasteiger partial charge in [0.2, 0.25) is 5.91 Å². The third kappa shape index (κ3) is 3.86. The van der Waals surface area contributed by atoms with E-state index in [4.69, 9.17) is 0 Å². The van der Waals surface area contributed by atoms with E-state index in [-0.39, 0.29) is 34.8 Å². The van der Waals surface area contributed by atoms with Crippen molar-refractivity contribution in [3.8, 4) is 0 Å². The zero-order valence-electron chi connectivity index (χ0n) is 15.5. The molecule has 9 nitrogen and oxygen atoms in total. The van der Waals surface area contributed by atoms with Gasteiger partial charge < -0.3 is 10.6 Å². The summed E-state index contributed by atoms with van der Waals surface area (Å²) in [7, 11) is 0. The molecule has 0 spiro atoms. The Morgan fingerprint density at radius 1 is 1.18 bits per heavy atom. The second-order valence-electron chi connectivity index (χ2n) is 6.49. The van der Waals surface area contributed by atoms with Crippen LogP contribution in [0.3, 0.4) is 0 Å². The molecule has 2 amide bonds. The van der Waals surface area contributed by atoms with Gasteiger partial charge in [0.1, 0.15) is 4.88 Å². The molecule has 0 aliphatic carbocycles. The molecule has 3 aromatic rings. The van der Waals surface area contributed by atoms with E-state index in [0.717, 1.165) is 5.01 Å². The Hall–Kier alpha value is -3.27. The van der Waals surface area contributed by atoms with Crippen LogP contribution in [0, 0.1) is 6.92 Å². The van der Waals surface area contributed by atoms with Crippen molar-refractivity contribution in [2.45, 2.75) is 26.7 Å². The van der Waals surface area contributed by atoms with Gasteiger partial charge in [-0.1, -0.05) is 19.9 Å². The predicted molar refractivity (Wildman–Crippen MR) is 107 cm³/mol. The van der Waals surface area contributed by atoms with Gasteiger partial charge in [0.25, 0.3) is 17.0 Å². The minimum atomic E-state index is -0.531. The Labute approximate surface area is 163 Å². The summed E-state index contributed by atoms with van der Waals surface area (Å²) in [6.07, 6.45) is 0. The van der Waals surface area contributed by atoms with Gasteiger partial charge in [-0.25, -0.2) is 4.98 Å². The second kappa shape index (κ2) is 7.77. The number of aromatic nitrogens is 3.